The van der Waals surface area contributed by atoms with E-state index in [2.05, 4.69) is 15.2 Å². The van der Waals surface area contributed by atoms with E-state index in [4.69, 9.17) is 0 Å². The molecular formula is C21H20FN3O3. The van der Waals surface area contributed by atoms with E-state index >= 15 is 0 Å². The summed E-state index contributed by atoms with van der Waals surface area (Å²) in [6, 6.07) is 12.5. The van der Waals surface area contributed by atoms with Gasteiger partial charge in [-0.1, -0.05) is 12.1 Å². The predicted octanol–water partition coefficient (Wildman–Crippen LogP) is 3.73. The zero-order chi connectivity index (χ0) is 20.3. The van der Waals surface area contributed by atoms with Gasteiger partial charge in [0.2, 0.25) is 0 Å². The first-order valence-electron chi connectivity index (χ1n) is 8.67. The minimum absolute atomic E-state index is 0.303. The van der Waals surface area contributed by atoms with Crippen molar-refractivity contribution in [3.05, 3.63) is 82.4 Å². The van der Waals surface area contributed by atoms with Crippen molar-refractivity contribution >= 4 is 17.6 Å². The Hall–Kier alpha value is -3.48. The molecule has 1 amide bonds. The minimum atomic E-state index is -0.461. The molecule has 0 bridgehead atoms. The third-order valence-electron chi connectivity index (χ3n) is 4.41. The van der Waals surface area contributed by atoms with Crippen LogP contribution in [0.25, 0.3) is 0 Å². The number of ether oxygens (including phenoxy) is 1. The molecule has 7 heteroatoms. The number of benzene rings is 2. The average molecular weight is 381 g/mol. The summed E-state index contributed by atoms with van der Waals surface area (Å²) in [7, 11) is 1.30. The summed E-state index contributed by atoms with van der Waals surface area (Å²) in [5.41, 5.74) is 3.59. The van der Waals surface area contributed by atoms with E-state index in [1.54, 1.807) is 29.8 Å². The quantitative estimate of drug-likeness (QED) is 0.684. The van der Waals surface area contributed by atoms with Crippen LogP contribution in [0.3, 0.4) is 0 Å². The molecular weight excluding hydrogens is 361 g/mol. The number of amides is 1. The fourth-order valence-corrected chi connectivity index (χ4v) is 2.90. The highest BCUT2D eigenvalue weighted by Crippen LogP contribution is 2.21. The highest BCUT2D eigenvalue weighted by atomic mass is 19.1. The first-order valence-corrected chi connectivity index (χ1v) is 8.67. The second-order valence-corrected chi connectivity index (χ2v) is 6.36. The van der Waals surface area contributed by atoms with Crippen LogP contribution in [0.1, 0.15) is 37.7 Å². The number of carbonyl (C=O) groups is 2. The number of methoxy groups -OCH3 is 1. The Kier molecular flexibility index (Phi) is 5.54. The summed E-state index contributed by atoms with van der Waals surface area (Å²) in [5, 5.41) is 7.31. The Morgan fingerprint density at radius 1 is 1.11 bits per heavy atom. The second-order valence-electron chi connectivity index (χ2n) is 6.36. The van der Waals surface area contributed by atoms with Crippen molar-refractivity contribution < 1.29 is 18.7 Å². The lowest BCUT2D eigenvalue weighted by atomic mass is 10.1. The molecule has 6 nitrogen and oxygen atoms in total. The van der Waals surface area contributed by atoms with E-state index in [0.29, 0.717) is 29.1 Å². The molecule has 0 saturated carbocycles. The molecule has 2 aromatic carbocycles. The molecule has 0 saturated heterocycles. The molecule has 28 heavy (non-hydrogen) atoms. The molecule has 1 N–H and O–H groups in total. The van der Waals surface area contributed by atoms with Crippen molar-refractivity contribution in [3.63, 3.8) is 0 Å². The fourth-order valence-electron chi connectivity index (χ4n) is 2.90. The molecule has 0 aliphatic carbocycles. The van der Waals surface area contributed by atoms with Gasteiger partial charge >= 0.3 is 5.97 Å². The van der Waals surface area contributed by atoms with Crippen LogP contribution < -0.4 is 5.32 Å². The molecule has 0 radical (unpaired) electrons. The molecule has 3 aromatic rings. The standard InChI is InChI=1S/C21H20FN3O3/c1-13-19(14(2)25(24-13)12-15-5-4-6-18(22)11-15)23-20(26)16-7-9-17(10-8-16)21(27)28-3/h4-11H,12H2,1-3H3,(H,23,26). The topological polar surface area (TPSA) is 73.2 Å². The number of aryl methyl sites for hydroxylation is 1. The van der Waals surface area contributed by atoms with Crippen molar-refractivity contribution in [2.45, 2.75) is 20.4 Å². The largest absolute Gasteiger partial charge is 0.465 e. The number of nitrogens with zero attached hydrogens (tertiary/aromatic N) is 2. The lowest BCUT2D eigenvalue weighted by Gasteiger charge is -2.08. The van der Waals surface area contributed by atoms with Crippen molar-refractivity contribution in [2.24, 2.45) is 0 Å². The van der Waals surface area contributed by atoms with Crippen LogP contribution in [-0.2, 0) is 11.3 Å². The molecule has 144 valence electrons. The van der Waals surface area contributed by atoms with Gasteiger partial charge in [0.15, 0.2) is 0 Å². The fraction of sp³-hybridized carbons (Fsp3) is 0.190. The van der Waals surface area contributed by atoms with Crippen LogP contribution in [0.5, 0.6) is 0 Å². The van der Waals surface area contributed by atoms with Crippen molar-refractivity contribution in [1.82, 2.24) is 9.78 Å². The van der Waals surface area contributed by atoms with Crippen LogP contribution in [-0.4, -0.2) is 28.8 Å². The van der Waals surface area contributed by atoms with Crippen molar-refractivity contribution in [3.8, 4) is 0 Å². The predicted molar refractivity (Wildman–Crippen MR) is 103 cm³/mol. The van der Waals surface area contributed by atoms with Crippen molar-refractivity contribution in [1.29, 1.82) is 0 Å². The van der Waals surface area contributed by atoms with Gasteiger partial charge in [-0.05, 0) is 55.8 Å². The lowest BCUT2D eigenvalue weighted by Crippen LogP contribution is -2.14. The minimum Gasteiger partial charge on any atom is -0.465 e. The maximum atomic E-state index is 13.4. The molecule has 1 aromatic heterocycles. The van der Waals surface area contributed by atoms with Crippen LogP contribution >= 0.6 is 0 Å². The van der Waals surface area contributed by atoms with Gasteiger partial charge in [0.05, 0.1) is 36.3 Å². The van der Waals surface area contributed by atoms with Gasteiger partial charge in [0, 0.05) is 5.56 Å². The van der Waals surface area contributed by atoms with Gasteiger partial charge in [0.25, 0.3) is 5.91 Å². The van der Waals surface area contributed by atoms with Crippen molar-refractivity contribution in [2.75, 3.05) is 12.4 Å². The Balaban J connectivity index is 1.78. The first-order chi connectivity index (χ1) is 13.4. The second kappa shape index (κ2) is 8.04. The number of carbonyl (C=O) groups excluding carboxylic acids is 2. The third kappa shape index (κ3) is 4.09. The monoisotopic (exact) mass is 381 g/mol. The number of hydrogen-bond donors (Lipinski definition) is 1. The zero-order valence-corrected chi connectivity index (χ0v) is 15.8. The number of halogens is 1. The maximum absolute atomic E-state index is 13.4. The summed E-state index contributed by atoms with van der Waals surface area (Å²) >= 11 is 0. The number of nitrogens with one attached hydrogen (secondary N) is 1. The van der Waals surface area contributed by atoms with Crippen LogP contribution in [0.15, 0.2) is 48.5 Å². The van der Waals surface area contributed by atoms with E-state index in [1.165, 1.54) is 31.4 Å². The number of aromatic nitrogens is 2. The molecule has 0 atom stereocenters. The van der Waals surface area contributed by atoms with Gasteiger partial charge < -0.3 is 10.1 Å². The van der Waals surface area contributed by atoms with E-state index in [-0.39, 0.29) is 11.7 Å². The van der Waals surface area contributed by atoms with Gasteiger partial charge in [-0.3, -0.25) is 9.48 Å². The van der Waals surface area contributed by atoms with Crippen LogP contribution in [0.2, 0.25) is 0 Å². The summed E-state index contributed by atoms with van der Waals surface area (Å²) < 4.78 is 19.8. The molecule has 1 heterocycles. The highest BCUT2D eigenvalue weighted by Gasteiger charge is 2.16. The lowest BCUT2D eigenvalue weighted by molar-refractivity contribution is 0.0600. The molecule has 0 aliphatic heterocycles. The van der Waals surface area contributed by atoms with E-state index in [0.717, 1.165) is 11.3 Å². The molecule has 0 aliphatic rings. The normalized spacial score (nSPS) is 10.6. The Bertz CT molecular complexity index is 1030. The van der Waals surface area contributed by atoms with Gasteiger partial charge in [-0.25, -0.2) is 9.18 Å². The number of anilines is 1. The third-order valence-corrected chi connectivity index (χ3v) is 4.41. The maximum Gasteiger partial charge on any atom is 0.337 e. The first kappa shape index (κ1) is 19.3. The summed E-state index contributed by atoms with van der Waals surface area (Å²) in [6.07, 6.45) is 0. The van der Waals surface area contributed by atoms with Crippen LogP contribution in [0, 0.1) is 19.7 Å². The Morgan fingerprint density at radius 2 is 1.79 bits per heavy atom. The molecule has 0 fully saturated rings. The molecule has 3 rings (SSSR count). The summed E-state index contributed by atoms with van der Waals surface area (Å²) in [5.74, 6) is -1.08. The van der Waals surface area contributed by atoms with Crippen LogP contribution in [0.4, 0.5) is 10.1 Å². The number of hydrogen-bond acceptors (Lipinski definition) is 4. The van der Waals surface area contributed by atoms with Gasteiger partial charge in [-0.15, -0.1) is 0 Å². The Labute approximate surface area is 161 Å². The Morgan fingerprint density at radius 3 is 2.43 bits per heavy atom. The molecule has 0 unspecified atom stereocenters. The smallest absolute Gasteiger partial charge is 0.337 e. The molecule has 0 spiro atoms. The number of esters is 1. The zero-order valence-electron chi connectivity index (χ0n) is 15.8. The van der Waals surface area contributed by atoms with E-state index in [1.807, 2.05) is 13.0 Å². The number of rotatable bonds is 5. The summed E-state index contributed by atoms with van der Waals surface area (Å²) in [6.45, 7) is 4.04. The van der Waals surface area contributed by atoms with Gasteiger partial charge in [0.1, 0.15) is 5.82 Å². The average Bonchev–Trinajstić information content (AvgIpc) is 2.94. The van der Waals surface area contributed by atoms with E-state index in [9.17, 15) is 14.0 Å². The van der Waals surface area contributed by atoms with Gasteiger partial charge in [-0.2, -0.15) is 5.10 Å². The SMILES string of the molecule is COC(=O)c1ccc(C(=O)Nc2c(C)nn(Cc3cccc(F)c3)c2C)cc1. The van der Waals surface area contributed by atoms with E-state index < -0.39 is 5.97 Å². The summed E-state index contributed by atoms with van der Waals surface area (Å²) in [4.78, 5) is 24.1. The highest BCUT2D eigenvalue weighted by molar-refractivity contribution is 6.05.